The van der Waals surface area contributed by atoms with Crippen molar-refractivity contribution in [2.24, 2.45) is 5.92 Å². The molecule has 0 bridgehead atoms. The van der Waals surface area contributed by atoms with E-state index in [1.165, 1.54) is 0 Å². The van der Waals surface area contributed by atoms with E-state index in [-0.39, 0.29) is 11.7 Å². The molecule has 0 saturated carbocycles. The number of rotatable bonds is 3. The molecule has 0 atom stereocenters. The van der Waals surface area contributed by atoms with Crippen molar-refractivity contribution in [3.8, 4) is 5.75 Å². The van der Waals surface area contributed by atoms with E-state index >= 15 is 0 Å². The first-order valence-corrected chi connectivity index (χ1v) is 5.96. The third-order valence-electron chi connectivity index (χ3n) is 3.67. The second-order valence-electron chi connectivity index (χ2n) is 4.74. The molecular formula is C14H19NO2. The van der Waals surface area contributed by atoms with Gasteiger partial charge in [0.1, 0.15) is 5.75 Å². The molecule has 0 unspecified atom stereocenters. The van der Waals surface area contributed by atoms with E-state index in [1.807, 2.05) is 26.8 Å². The zero-order valence-corrected chi connectivity index (χ0v) is 10.9. The lowest BCUT2D eigenvalue weighted by Crippen LogP contribution is -2.46. The number of carbonyl (C=O) groups is 1. The maximum atomic E-state index is 12.3. The van der Waals surface area contributed by atoms with Crippen molar-refractivity contribution in [2.45, 2.75) is 20.8 Å². The minimum Gasteiger partial charge on any atom is -0.496 e. The van der Waals surface area contributed by atoms with Crippen LogP contribution >= 0.6 is 0 Å². The molecule has 1 aliphatic rings. The van der Waals surface area contributed by atoms with Crippen LogP contribution in [0.15, 0.2) is 6.07 Å². The maximum absolute atomic E-state index is 12.3. The van der Waals surface area contributed by atoms with E-state index in [1.54, 1.807) is 7.11 Å². The number of Topliss-reactive ketones (excluding diaryl/α,β-unsaturated/α-hetero) is 1. The van der Waals surface area contributed by atoms with Gasteiger partial charge in [-0.25, -0.2) is 0 Å². The lowest BCUT2D eigenvalue weighted by molar-refractivity contribution is 0.0876. The summed E-state index contributed by atoms with van der Waals surface area (Å²) in [5.74, 6) is 1.29. The fourth-order valence-corrected chi connectivity index (χ4v) is 2.31. The molecule has 92 valence electrons. The predicted octanol–water partition coefficient (Wildman–Crippen LogP) is 2.02. The van der Waals surface area contributed by atoms with Gasteiger partial charge in [0.15, 0.2) is 5.78 Å². The summed E-state index contributed by atoms with van der Waals surface area (Å²) in [6.45, 7) is 7.60. The highest BCUT2D eigenvalue weighted by atomic mass is 16.5. The second-order valence-corrected chi connectivity index (χ2v) is 4.74. The Morgan fingerprint density at radius 1 is 1.29 bits per heavy atom. The van der Waals surface area contributed by atoms with Gasteiger partial charge in [-0.15, -0.1) is 0 Å². The molecule has 1 heterocycles. The molecule has 2 rings (SSSR count). The molecule has 1 aromatic carbocycles. The maximum Gasteiger partial charge on any atom is 0.169 e. The monoisotopic (exact) mass is 233 g/mol. The smallest absolute Gasteiger partial charge is 0.169 e. The van der Waals surface area contributed by atoms with E-state index < -0.39 is 0 Å². The summed E-state index contributed by atoms with van der Waals surface area (Å²) in [5.41, 5.74) is 4.02. The van der Waals surface area contributed by atoms with E-state index in [9.17, 15) is 4.79 Å². The third kappa shape index (κ3) is 1.95. The minimum atomic E-state index is 0.153. The Morgan fingerprint density at radius 3 is 2.41 bits per heavy atom. The van der Waals surface area contributed by atoms with Gasteiger partial charge in [-0.1, -0.05) is 0 Å². The van der Waals surface area contributed by atoms with Crippen molar-refractivity contribution in [1.82, 2.24) is 5.32 Å². The number of ether oxygens (including phenoxy) is 1. The Hall–Kier alpha value is -1.35. The number of ketones is 1. The highest BCUT2D eigenvalue weighted by Crippen LogP contribution is 2.29. The van der Waals surface area contributed by atoms with Gasteiger partial charge in [0, 0.05) is 24.6 Å². The quantitative estimate of drug-likeness (QED) is 0.812. The molecule has 0 amide bonds. The molecule has 1 saturated heterocycles. The van der Waals surface area contributed by atoms with Crippen LogP contribution in [0, 0.1) is 26.7 Å². The van der Waals surface area contributed by atoms with Crippen LogP contribution in [0.4, 0.5) is 0 Å². The number of benzene rings is 1. The average Bonchev–Trinajstić information content (AvgIpc) is 2.21. The van der Waals surface area contributed by atoms with E-state index in [2.05, 4.69) is 5.32 Å². The van der Waals surface area contributed by atoms with Crippen molar-refractivity contribution in [3.63, 3.8) is 0 Å². The largest absolute Gasteiger partial charge is 0.496 e. The highest BCUT2D eigenvalue weighted by Gasteiger charge is 2.28. The zero-order valence-electron chi connectivity index (χ0n) is 10.9. The van der Waals surface area contributed by atoms with Crippen LogP contribution < -0.4 is 10.1 Å². The summed E-state index contributed by atoms with van der Waals surface area (Å²) < 4.78 is 5.32. The number of carbonyl (C=O) groups excluding carboxylic acids is 1. The molecule has 3 heteroatoms. The molecule has 0 aromatic heterocycles. The van der Waals surface area contributed by atoms with Gasteiger partial charge >= 0.3 is 0 Å². The second kappa shape index (κ2) is 4.49. The Labute approximate surface area is 102 Å². The van der Waals surface area contributed by atoms with E-state index in [0.717, 1.165) is 41.1 Å². The summed E-state index contributed by atoms with van der Waals surface area (Å²) in [7, 11) is 1.67. The normalized spacial score (nSPS) is 15.5. The van der Waals surface area contributed by atoms with Crippen molar-refractivity contribution in [2.75, 3.05) is 20.2 Å². The summed E-state index contributed by atoms with van der Waals surface area (Å²) >= 11 is 0. The fourth-order valence-electron chi connectivity index (χ4n) is 2.31. The molecule has 1 aliphatic heterocycles. The molecule has 3 nitrogen and oxygen atoms in total. The van der Waals surface area contributed by atoms with Crippen LogP contribution in [0.3, 0.4) is 0 Å². The summed E-state index contributed by atoms with van der Waals surface area (Å²) in [6.07, 6.45) is 0. The van der Waals surface area contributed by atoms with Crippen LogP contribution in [0.2, 0.25) is 0 Å². The van der Waals surface area contributed by atoms with Crippen molar-refractivity contribution in [3.05, 3.63) is 28.3 Å². The minimum absolute atomic E-state index is 0.153. The van der Waals surface area contributed by atoms with Gasteiger partial charge in [-0.3, -0.25) is 4.79 Å². The fraction of sp³-hybridized carbons (Fsp3) is 0.500. The van der Waals surface area contributed by atoms with Crippen molar-refractivity contribution >= 4 is 5.78 Å². The number of hydrogen-bond acceptors (Lipinski definition) is 3. The average molecular weight is 233 g/mol. The third-order valence-corrected chi connectivity index (χ3v) is 3.67. The van der Waals surface area contributed by atoms with Crippen LogP contribution in [0.1, 0.15) is 27.0 Å². The first-order chi connectivity index (χ1) is 8.06. The summed E-state index contributed by atoms with van der Waals surface area (Å²) in [5, 5.41) is 3.14. The molecule has 1 N–H and O–H groups in total. The number of hydrogen-bond donors (Lipinski definition) is 1. The Morgan fingerprint density at radius 2 is 1.94 bits per heavy atom. The van der Waals surface area contributed by atoms with Gasteiger partial charge in [0.2, 0.25) is 0 Å². The van der Waals surface area contributed by atoms with Gasteiger partial charge < -0.3 is 10.1 Å². The molecule has 1 aromatic rings. The predicted molar refractivity (Wildman–Crippen MR) is 67.9 cm³/mol. The van der Waals surface area contributed by atoms with Crippen molar-refractivity contribution < 1.29 is 9.53 Å². The number of nitrogens with one attached hydrogen (secondary N) is 1. The molecule has 1 fully saturated rings. The lowest BCUT2D eigenvalue weighted by Gasteiger charge is -2.27. The molecule has 0 aliphatic carbocycles. The molecule has 0 radical (unpaired) electrons. The van der Waals surface area contributed by atoms with Gasteiger partial charge in [0.25, 0.3) is 0 Å². The molecule has 17 heavy (non-hydrogen) atoms. The zero-order chi connectivity index (χ0) is 12.6. The molecular weight excluding hydrogens is 214 g/mol. The van der Waals surface area contributed by atoms with Crippen molar-refractivity contribution in [1.29, 1.82) is 0 Å². The van der Waals surface area contributed by atoms with Gasteiger partial charge in [-0.05, 0) is 43.5 Å². The van der Waals surface area contributed by atoms with Gasteiger partial charge in [-0.2, -0.15) is 0 Å². The van der Waals surface area contributed by atoms with Crippen LogP contribution in [-0.4, -0.2) is 26.0 Å². The van der Waals surface area contributed by atoms with E-state index in [0.29, 0.717) is 0 Å². The Balaban J connectivity index is 2.46. The number of methoxy groups -OCH3 is 1. The Kier molecular flexibility index (Phi) is 3.20. The highest BCUT2D eigenvalue weighted by molar-refractivity contribution is 6.01. The first kappa shape index (κ1) is 12.1. The Bertz CT molecular complexity index is 462. The van der Waals surface area contributed by atoms with Crippen LogP contribution in [0.25, 0.3) is 0 Å². The summed E-state index contributed by atoms with van der Waals surface area (Å²) in [4.78, 5) is 12.3. The molecule has 0 spiro atoms. The summed E-state index contributed by atoms with van der Waals surface area (Å²) in [6, 6.07) is 1.96. The SMILES string of the molecule is COc1cc(C)c(C(=O)C2CNC2)c(C)c1C. The van der Waals surface area contributed by atoms with E-state index in [4.69, 9.17) is 4.74 Å². The number of aryl methyl sites for hydroxylation is 1. The topological polar surface area (TPSA) is 38.3 Å². The van der Waals surface area contributed by atoms with Crippen LogP contribution in [-0.2, 0) is 0 Å². The first-order valence-electron chi connectivity index (χ1n) is 5.96. The standard InChI is InChI=1S/C14H19NO2/c1-8-5-12(17-4)9(2)10(3)13(8)14(16)11-6-15-7-11/h5,11,15H,6-7H2,1-4H3. The van der Waals surface area contributed by atoms with Crippen LogP contribution in [0.5, 0.6) is 5.75 Å². The van der Waals surface area contributed by atoms with Gasteiger partial charge in [0.05, 0.1) is 7.11 Å². The lowest BCUT2D eigenvalue weighted by atomic mass is 9.86.